The number of likely N-dealkylation sites (tertiary alicyclic amines) is 1. The summed E-state index contributed by atoms with van der Waals surface area (Å²) in [6, 6.07) is 13.1. The second kappa shape index (κ2) is 13.8. The molecule has 2 aliphatic rings. The molecule has 0 spiro atoms. The fourth-order valence-corrected chi connectivity index (χ4v) is 6.12. The van der Waals surface area contributed by atoms with E-state index >= 15 is 0 Å². The molecule has 1 saturated heterocycles. The van der Waals surface area contributed by atoms with E-state index in [0.717, 1.165) is 68.5 Å². The van der Waals surface area contributed by atoms with Gasteiger partial charge >= 0.3 is 12.1 Å². The van der Waals surface area contributed by atoms with Gasteiger partial charge in [-0.3, -0.25) is 4.90 Å². The first-order chi connectivity index (χ1) is 21.6. The zero-order valence-electron chi connectivity index (χ0n) is 25.6. The highest BCUT2D eigenvalue weighted by Crippen LogP contribution is 2.40. The standard InChI is InChI=1S/C33H39F3N6O3/c1-21(23-7-6-8-23)38-30-28(29(37-2)39-31(40-30)32(43)44)42(19-22-10-14-25(15-11-22)33(34,35)36)20-41-18-5-4-9-27(41)24-12-16-26(45-3)17-13-24/h10-17,21,23,27H,2,4-9,18-20H2,1,3H3,(H,43,44)(H,38,39,40)/t21-,27?/m1/s1. The molecule has 2 aromatic carbocycles. The Morgan fingerprint density at radius 3 is 2.40 bits per heavy atom. The molecule has 3 aromatic rings. The summed E-state index contributed by atoms with van der Waals surface area (Å²) in [5.41, 5.74) is 1.49. The molecule has 1 aliphatic carbocycles. The number of rotatable bonds is 12. The number of aromatic carboxylic acids is 1. The predicted octanol–water partition coefficient (Wildman–Crippen LogP) is 7.33. The number of nitrogens with zero attached hydrogens (tertiary/aromatic N) is 5. The summed E-state index contributed by atoms with van der Waals surface area (Å²) in [5, 5.41) is 13.3. The number of hydrogen-bond acceptors (Lipinski definition) is 8. The first kappa shape index (κ1) is 32.2. The van der Waals surface area contributed by atoms with Crippen molar-refractivity contribution in [2.45, 2.75) is 70.3 Å². The van der Waals surface area contributed by atoms with Gasteiger partial charge in [0.25, 0.3) is 0 Å². The van der Waals surface area contributed by atoms with Gasteiger partial charge in [0.2, 0.25) is 5.82 Å². The Bertz CT molecular complexity index is 1480. The molecule has 1 aromatic heterocycles. The van der Waals surface area contributed by atoms with Crippen LogP contribution in [0.1, 0.15) is 78.8 Å². The number of aliphatic imine (C=N–C) groups is 1. The Hall–Kier alpha value is -4.19. The maximum Gasteiger partial charge on any atom is 0.416 e. The Morgan fingerprint density at radius 2 is 1.82 bits per heavy atom. The lowest BCUT2D eigenvalue weighted by Crippen LogP contribution is -2.43. The minimum absolute atomic E-state index is 0.00154. The fourth-order valence-electron chi connectivity index (χ4n) is 6.12. The van der Waals surface area contributed by atoms with E-state index in [-0.39, 0.29) is 24.4 Å². The second-order valence-electron chi connectivity index (χ2n) is 11.8. The summed E-state index contributed by atoms with van der Waals surface area (Å²) in [6.07, 6.45) is 1.74. The molecule has 12 heteroatoms. The van der Waals surface area contributed by atoms with Crippen LogP contribution in [-0.2, 0) is 12.7 Å². The fraction of sp³-hybridized carbons (Fsp3) is 0.455. The van der Waals surface area contributed by atoms with Gasteiger partial charge in [-0.05, 0) is 80.6 Å². The number of piperidine rings is 1. The number of carboxylic acids is 1. The van der Waals surface area contributed by atoms with Crippen molar-refractivity contribution in [1.82, 2.24) is 14.9 Å². The largest absolute Gasteiger partial charge is 0.497 e. The van der Waals surface area contributed by atoms with Crippen molar-refractivity contribution in [3.8, 4) is 5.75 Å². The first-order valence-electron chi connectivity index (χ1n) is 15.2. The van der Waals surface area contributed by atoms with Crippen LogP contribution in [0.25, 0.3) is 0 Å². The van der Waals surface area contributed by atoms with E-state index < -0.39 is 23.5 Å². The molecule has 1 unspecified atom stereocenters. The van der Waals surface area contributed by atoms with Crippen molar-refractivity contribution in [2.24, 2.45) is 10.9 Å². The maximum absolute atomic E-state index is 13.4. The number of aromatic nitrogens is 2. The minimum atomic E-state index is -4.45. The van der Waals surface area contributed by atoms with Crippen LogP contribution in [0.3, 0.4) is 0 Å². The molecule has 2 N–H and O–H groups in total. The average molecular weight is 625 g/mol. The van der Waals surface area contributed by atoms with E-state index in [9.17, 15) is 23.1 Å². The predicted molar refractivity (Wildman–Crippen MR) is 167 cm³/mol. The van der Waals surface area contributed by atoms with Crippen LogP contribution in [0, 0.1) is 5.92 Å². The van der Waals surface area contributed by atoms with Crippen molar-refractivity contribution >= 4 is 30.0 Å². The molecule has 2 fully saturated rings. The van der Waals surface area contributed by atoms with Gasteiger partial charge in [0.15, 0.2) is 11.6 Å². The number of methoxy groups -OCH3 is 1. The van der Waals surface area contributed by atoms with E-state index in [1.165, 1.54) is 12.1 Å². The van der Waals surface area contributed by atoms with E-state index in [4.69, 9.17) is 4.74 Å². The molecule has 5 rings (SSSR count). The molecular formula is C33H39F3N6O3. The van der Waals surface area contributed by atoms with Crippen LogP contribution in [0.2, 0.25) is 0 Å². The van der Waals surface area contributed by atoms with E-state index in [1.807, 2.05) is 24.0 Å². The number of nitrogens with one attached hydrogen (secondary N) is 1. The Balaban J connectivity index is 1.57. The van der Waals surface area contributed by atoms with Crippen LogP contribution in [0.4, 0.5) is 30.5 Å². The number of alkyl halides is 3. The summed E-state index contributed by atoms with van der Waals surface area (Å²) < 4.78 is 45.5. The number of anilines is 2. The summed E-state index contributed by atoms with van der Waals surface area (Å²) in [7, 11) is 1.63. The van der Waals surface area contributed by atoms with Gasteiger partial charge in [-0.15, -0.1) is 0 Å². The zero-order valence-corrected chi connectivity index (χ0v) is 25.6. The van der Waals surface area contributed by atoms with Crippen molar-refractivity contribution in [1.29, 1.82) is 0 Å². The van der Waals surface area contributed by atoms with Crippen LogP contribution >= 0.6 is 0 Å². The van der Waals surface area contributed by atoms with Crippen LogP contribution in [-0.4, -0.2) is 59.0 Å². The summed E-state index contributed by atoms with van der Waals surface area (Å²) in [5.74, 6) is -0.127. The number of benzene rings is 2. The van der Waals surface area contributed by atoms with Gasteiger partial charge in [-0.1, -0.05) is 37.1 Å². The summed E-state index contributed by atoms with van der Waals surface area (Å²) >= 11 is 0. The molecule has 45 heavy (non-hydrogen) atoms. The molecule has 9 nitrogen and oxygen atoms in total. The normalized spacial score (nSPS) is 18.1. The van der Waals surface area contributed by atoms with Gasteiger partial charge < -0.3 is 20.1 Å². The van der Waals surface area contributed by atoms with Crippen molar-refractivity contribution in [3.63, 3.8) is 0 Å². The molecule has 0 radical (unpaired) electrons. The Morgan fingerprint density at radius 1 is 1.11 bits per heavy atom. The van der Waals surface area contributed by atoms with Crippen molar-refractivity contribution < 1.29 is 27.8 Å². The van der Waals surface area contributed by atoms with Gasteiger partial charge in [0.05, 0.1) is 19.3 Å². The molecular weight excluding hydrogens is 585 g/mol. The number of carbonyl (C=O) groups is 1. The van der Waals surface area contributed by atoms with E-state index in [1.54, 1.807) is 7.11 Å². The molecule has 240 valence electrons. The highest BCUT2D eigenvalue weighted by atomic mass is 19.4. The third kappa shape index (κ3) is 7.55. The van der Waals surface area contributed by atoms with E-state index in [0.29, 0.717) is 29.7 Å². The van der Waals surface area contributed by atoms with Crippen molar-refractivity contribution in [2.75, 3.05) is 30.5 Å². The lowest BCUT2D eigenvalue weighted by molar-refractivity contribution is -0.137. The highest BCUT2D eigenvalue weighted by molar-refractivity contribution is 5.87. The number of halogens is 3. The molecule has 1 saturated carbocycles. The lowest BCUT2D eigenvalue weighted by atomic mass is 9.80. The summed E-state index contributed by atoms with van der Waals surface area (Å²) in [4.78, 5) is 29.1. The molecule has 0 amide bonds. The molecule has 2 heterocycles. The minimum Gasteiger partial charge on any atom is -0.497 e. The quantitative estimate of drug-likeness (QED) is 0.202. The SMILES string of the molecule is C=Nc1nc(C(=O)O)nc(N[C@H](C)C2CCC2)c1N(Cc1ccc(C(F)(F)F)cc1)CN1CCCCC1c1ccc(OC)cc1. The van der Waals surface area contributed by atoms with Gasteiger partial charge in [0.1, 0.15) is 11.4 Å². The Labute approximate surface area is 261 Å². The molecule has 2 atom stereocenters. The van der Waals surface area contributed by atoms with Crippen molar-refractivity contribution in [3.05, 3.63) is 71.0 Å². The smallest absolute Gasteiger partial charge is 0.416 e. The Kier molecular flexibility index (Phi) is 9.91. The third-order valence-electron chi connectivity index (χ3n) is 8.87. The van der Waals surface area contributed by atoms with Gasteiger partial charge in [-0.2, -0.15) is 13.2 Å². The number of hydrogen-bond donors (Lipinski definition) is 2. The first-order valence-corrected chi connectivity index (χ1v) is 15.2. The molecule has 1 aliphatic heterocycles. The molecule has 0 bridgehead atoms. The van der Waals surface area contributed by atoms with Crippen LogP contribution in [0.15, 0.2) is 53.5 Å². The number of ether oxygens (including phenoxy) is 1. The van der Waals surface area contributed by atoms with Crippen LogP contribution < -0.4 is 15.0 Å². The van der Waals surface area contributed by atoms with Gasteiger partial charge in [-0.25, -0.2) is 19.8 Å². The zero-order chi connectivity index (χ0) is 32.1. The summed E-state index contributed by atoms with van der Waals surface area (Å²) in [6.45, 7) is 7.08. The van der Waals surface area contributed by atoms with E-state index in [2.05, 4.69) is 44.0 Å². The lowest BCUT2D eigenvalue weighted by Gasteiger charge is -2.41. The maximum atomic E-state index is 13.4. The highest BCUT2D eigenvalue weighted by Gasteiger charge is 2.33. The number of carboxylic acid groups (broad SMARTS) is 1. The average Bonchev–Trinajstić information content (AvgIpc) is 2.99. The monoisotopic (exact) mass is 624 g/mol. The third-order valence-corrected chi connectivity index (χ3v) is 8.87. The second-order valence-corrected chi connectivity index (χ2v) is 11.8. The van der Waals surface area contributed by atoms with Gasteiger partial charge in [0, 0.05) is 25.2 Å². The topological polar surface area (TPSA) is 103 Å². The van der Waals surface area contributed by atoms with Crippen LogP contribution in [0.5, 0.6) is 5.75 Å².